The van der Waals surface area contributed by atoms with Crippen molar-refractivity contribution in [3.63, 3.8) is 0 Å². The van der Waals surface area contributed by atoms with Crippen LogP contribution in [-0.2, 0) is 6.61 Å². The molecule has 0 aliphatic carbocycles. The highest BCUT2D eigenvalue weighted by Gasteiger charge is 2.16. The molecule has 4 rings (SSSR count). The summed E-state index contributed by atoms with van der Waals surface area (Å²) in [5.41, 5.74) is 2.90. The number of ether oxygens (including phenoxy) is 1. The van der Waals surface area contributed by atoms with Crippen molar-refractivity contribution < 1.29 is 19.1 Å². The molecule has 4 aromatic rings. The van der Waals surface area contributed by atoms with Gasteiger partial charge in [-0.3, -0.25) is 10.1 Å². The molecule has 0 unspecified atom stereocenters. The average Bonchev–Trinajstić information content (AvgIpc) is 3.29. The molecule has 3 N–H and O–H groups in total. The zero-order chi connectivity index (χ0) is 22.7. The number of carbonyl (C=O) groups excluding carboxylic acids is 1. The molecule has 1 aromatic heterocycles. The van der Waals surface area contributed by atoms with Gasteiger partial charge in [-0.05, 0) is 65.8 Å². The van der Waals surface area contributed by atoms with Crippen molar-refractivity contribution in [3.8, 4) is 17.1 Å². The van der Waals surface area contributed by atoms with E-state index in [9.17, 15) is 9.90 Å². The topological polar surface area (TPSA) is 83.7 Å². The van der Waals surface area contributed by atoms with Crippen molar-refractivity contribution in [1.82, 2.24) is 5.32 Å². The summed E-state index contributed by atoms with van der Waals surface area (Å²) < 4.78 is 11.0. The van der Waals surface area contributed by atoms with Crippen LogP contribution in [0.1, 0.15) is 21.7 Å². The Balaban J connectivity index is 1.53. The van der Waals surface area contributed by atoms with Gasteiger partial charge in [-0.15, -0.1) is 0 Å². The quantitative estimate of drug-likeness (QED) is 0.373. The number of nitrogens with one attached hydrogen (secondary N) is 2. The lowest BCUT2D eigenvalue weighted by Crippen LogP contribution is -2.34. The highest BCUT2D eigenvalue weighted by molar-refractivity contribution is 7.80. The number of amides is 1. The van der Waals surface area contributed by atoms with E-state index < -0.39 is 0 Å². The minimum absolute atomic E-state index is 0.161. The van der Waals surface area contributed by atoms with Crippen molar-refractivity contribution in [3.05, 3.63) is 83.6 Å². The summed E-state index contributed by atoms with van der Waals surface area (Å²) in [5, 5.41) is 17.1. The number of benzene rings is 3. The van der Waals surface area contributed by atoms with Gasteiger partial charge in [0, 0.05) is 11.3 Å². The minimum Gasteiger partial charge on any atom is -0.496 e. The summed E-state index contributed by atoms with van der Waals surface area (Å²) >= 11 is 5.39. The molecule has 1 heterocycles. The summed E-state index contributed by atoms with van der Waals surface area (Å²) in [4.78, 5) is 12.9. The second-order valence-corrected chi connectivity index (χ2v) is 7.67. The maximum absolute atomic E-state index is 12.9. The number of hydrogen-bond donors (Lipinski definition) is 3. The van der Waals surface area contributed by atoms with Gasteiger partial charge in [-0.25, -0.2) is 0 Å². The summed E-state index contributed by atoms with van der Waals surface area (Å²) in [7, 11) is 1.53. The van der Waals surface area contributed by atoms with E-state index in [4.69, 9.17) is 21.4 Å². The zero-order valence-electron chi connectivity index (χ0n) is 17.6. The fourth-order valence-corrected chi connectivity index (χ4v) is 3.62. The van der Waals surface area contributed by atoms with E-state index in [-0.39, 0.29) is 17.6 Å². The zero-order valence-corrected chi connectivity index (χ0v) is 18.5. The predicted octanol–water partition coefficient (Wildman–Crippen LogP) is 5.04. The average molecular weight is 447 g/mol. The number of furan rings is 1. The first-order chi connectivity index (χ1) is 15.5. The molecular formula is C25H22N2O4S. The van der Waals surface area contributed by atoms with Crippen LogP contribution in [0, 0.1) is 6.92 Å². The van der Waals surface area contributed by atoms with E-state index in [1.54, 1.807) is 18.2 Å². The summed E-state index contributed by atoms with van der Waals surface area (Å²) in [6, 6.07) is 20.6. The molecule has 0 aliphatic rings. The van der Waals surface area contributed by atoms with Gasteiger partial charge < -0.3 is 19.6 Å². The van der Waals surface area contributed by atoms with Crippen molar-refractivity contribution in [2.45, 2.75) is 13.5 Å². The van der Waals surface area contributed by atoms with Gasteiger partial charge in [0.05, 0.1) is 12.7 Å². The lowest BCUT2D eigenvalue weighted by atomic mass is 10.1. The molecule has 0 radical (unpaired) electrons. The number of aliphatic hydroxyl groups is 1. The van der Waals surface area contributed by atoms with Gasteiger partial charge in [0.2, 0.25) is 0 Å². The highest BCUT2D eigenvalue weighted by atomic mass is 32.1. The molecule has 0 saturated heterocycles. The fourth-order valence-electron chi connectivity index (χ4n) is 3.42. The van der Waals surface area contributed by atoms with Gasteiger partial charge >= 0.3 is 0 Å². The van der Waals surface area contributed by atoms with E-state index in [1.807, 2.05) is 55.5 Å². The monoisotopic (exact) mass is 446 g/mol. The van der Waals surface area contributed by atoms with Crippen LogP contribution in [0.15, 0.2) is 71.1 Å². The summed E-state index contributed by atoms with van der Waals surface area (Å²) in [6.07, 6.45) is 0. The van der Waals surface area contributed by atoms with Gasteiger partial charge in [0.1, 0.15) is 23.9 Å². The Morgan fingerprint density at radius 2 is 1.81 bits per heavy atom. The molecule has 0 aliphatic heterocycles. The summed E-state index contributed by atoms with van der Waals surface area (Å²) in [6.45, 7) is 1.77. The second kappa shape index (κ2) is 9.21. The molecular weight excluding hydrogens is 424 g/mol. The molecule has 0 saturated carbocycles. The first-order valence-corrected chi connectivity index (χ1v) is 10.4. The normalized spacial score (nSPS) is 10.7. The Hall–Kier alpha value is -3.68. The van der Waals surface area contributed by atoms with Crippen LogP contribution < -0.4 is 15.4 Å². The molecule has 0 spiro atoms. The third-order valence-electron chi connectivity index (χ3n) is 5.13. The van der Waals surface area contributed by atoms with Crippen LogP contribution in [0.5, 0.6) is 5.75 Å². The number of thiocarbonyl (C=S) groups is 1. The van der Waals surface area contributed by atoms with Gasteiger partial charge in [0.15, 0.2) is 5.11 Å². The molecule has 0 bridgehead atoms. The first-order valence-electron chi connectivity index (χ1n) is 9.98. The van der Waals surface area contributed by atoms with E-state index in [0.717, 1.165) is 27.6 Å². The SMILES string of the molecule is COc1cc2ccccc2cc1C(=O)NC(=S)Nc1cc(-c2ccc(CO)o2)ccc1C. The second-order valence-electron chi connectivity index (χ2n) is 7.26. The van der Waals surface area contributed by atoms with Crippen molar-refractivity contribution in [1.29, 1.82) is 0 Å². The Kier molecular flexibility index (Phi) is 6.20. The van der Waals surface area contributed by atoms with E-state index in [2.05, 4.69) is 10.6 Å². The molecule has 7 heteroatoms. The van der Waals surface area contributed by atoms with Crippen LogP contribution in [0.25, 0.3) is 22.1 Å². The Bertz CT molecular complexity index is 1310. The standard InChI is InChI=1S/C25H22N2O4S/c1-15-7-8-18(22-10-9-19(14-28)31-22)12-21(15)26-25(32)27-24(29)20-11-16-5-3-4-6-17(16)13-23(20)30-2/h3-13,28H,14H2,1-2H3,(H2,26,27,29,32). The Morgan fingerprint density at radius 3 is 2.50 bits per heavy atom. The van der Waals surface area contributed by atoms with E-state index in [1.165, 1.54) is 7.11 Å². The molecule has 1 amide bonds. The largest absolute Gasteiger partial charge is 0.496 e. The van der Waals surface area contributed by atoms with E-state index >= 15 is 0 Å². The third kappa shape index (κ3) is 4.49. The number of methoxy groups -OCH3 is 1. The predicted molar refractivity (Wildman–Crippen MR) is 129 cm³/mol. The van der Waals surface area contributed by atoms with Gasteiger partial charge in [-0.1, -0.05) is 36.4 Å². The lowest BCUT2D eigenvalue weighted by Gasteiger charge is -2.14. The minimum atomic E-state index is -0.363. The van der Waals surface area contributed by atoms with Crippen LogP contribution in [-0.4, -0.2) is 23.2 Å². The molecule has 3 aromatic carbocycles. The highest BCUT2D eigenvalue weighted by Crippen LogP contribution is 2.28. The maximum atomic E-state index is 12.9. The number of aryl methyl sites for hydroxylation is 1. The maximum Gasteiger partial charge on any atom is 0.261 e. The van der Waals surface area contributed by atoms with E-state index in [0.29, 0.717) is 22.8 Å². The third-order valence-corrected chi connectivity index (χ3v) is 5.33. The Morgan fingerprint density at radius 1 is 1.06 bits per heavy atom. The smallest absolute Gasteiger partial charge is 0.261 e. The van der Waals surface area contributed by atoms with Crippen LogP contribution in [0.4, 0.5) is 5.69 Å². The van der Waals surface area contributed by atoms with Crippen LogP contribution in [0.2, 0.25) is 0 Å². The van der Waals surface area contributed by atoms with Crippen LogP contribution in [0.3, 0.4) is 0 Å². The van der Waals surface area contributed by atoms with Crippen molar-refractivity contribution in [2.75, 3.05) is 12.4 Å². The number of fused-ring (bicyclic) bond motifs is 1. The number of rotatable bonds is 5. The number of anilines is 1. The molecule has 0 fully saturated rings. The molecule has 6 nitrogen and oxygen atoms in total. The van der Waals surface area contributed by atoms with Gasteiger partial charge in [-0.2, -0.15) is 0 Å². The number of carbonyl (C=O) groups is 1. The molecule has 0 atom stereocenters. The van der Waals surface area contributed by atoms with Crippen molar-refractivity contribution >= 4 is 39.7 Å². The first kappa shape index (κ1) is 21.5. The fraction of sp³-hybridized carbons (Fsp3) is 0.120. The van der Waals surface area contributed by atoms with Crippen LogP contribution >= 0.6 is 12.2 Å². The molecule has 162 valence electrons. The Labute approximate surface area is 190 Å². The summed E-state index contributed by atoms with van der Waals surface area (Å²) in [5.74, 6) is 1.23. The number of aliphatic hydroxyl groups excluding tert-OH is 1. The van der Waals surface area contributed by atoms with Crippen molar-refractivity contribution in [2.24, 2.45) is 0 Å². The number of hydrogen-bond acceptors (Lipinski definition) is 5. The van der Waals surface area contributed by atoms with Gasteiger partial charge in [0.25, 0.3) is 5.91 Å². The molecule has 32 heavy (non-hydrogen) atoms. The lowest BCUT2D eigenvalue weighted by molar-refractivity contribution is 0.0975.